The molecule has 0 aliphatic rings. The van der Waals surface area contributed by atoms with Gasteiger partial charge in [-0.3, -0.25) is 0 Å². The second-order valence-electron chi connectivity index (χ2n) is 4.00. The zero-order valence-electron chi connectivity index (χ0n) is 10.3. The Bertz CT molecular complexity index is 677. The van der Waals surface area contributed by atoms with Gasteiger partial charge in [0, 0.05) is 11.8 Å². The highest BCUT2D eigenvalue weighted by molar-refractivity contribution is 5.64. The fourth-order valence-electron chi connectivity index (χ4n) is 1.54. The van der Waals surface area contributed by atoms with Crippen LogP contribution in [0.15, 0.2) is 18.2 Å². The van der Waals surface area contributed by atoms with Crippen LogP contribution in [0.2, 0.25) is 0 Å². The molecule has 0 spiro atoms. The number of anilines is 2. The van der Waals surface area contributed by atoms with E-state index in [2.05, 4.69) is 15.5 Å². The zero-order chi connectivity index (χ0) is 14.0. The SMILES string of the molecule is Cc1nnc(Nc2ccc(F)c(F)c2)c(C#N)c1C. The quantitative estimate of drug-likeness (QED) is 0.901. The largest absolute Gasteiger partial charge is 0.338 e. The maximum absolute atomic E-state index is 13.1. The average Bonchev–Trinajstić information content (AvgIpc) is 2.39. The maximum atomic E-state index is 13.1. The number of aromatic nitrogens is 2. The Hall–Kier alpha value is -2.55. The molecule has 0 amide bonds. The van der Waals surface area contributed by atoms with Gasteiger partial charge in [-0.1, -0.05) is 0 Å². The summed E-state index contributed by atoms with van der Waals surface area (Å²) >= 11 is 0. The summed E-state index contributed by atoms with van der Waals surface area (Å²) in [6, 6.07) is 5.37. The Balaban J connectivity index is 2.41. The third-order valence-corrected chi connectivity index (χ3v) is 2.75. The number of benzene rings is 1. The van der Waals surface area contributed by atoms with Gasteiger partial charge in [0.15, 0.2) is 17.5 Å². The Labute approximate surface area is 108 Å². The van der Waals surface area contributed by atoms with E-state index in [9.17, 15) is 8.78 Å². The van der Waals surface area contributed by atoms with Gasteiger partial charge in [-0.2, -0.15) is 10.4 Å². The van der Waals surface area contributed by atoms with Crippen molar-refractivity contribution in [3.63, 3.8) is 0 Å². The van der Waals surface area contributed by atoms with Crippen molar-refractivity contribution in [3.05, 3.63) is 46.7 Å². The number of hydrogen-bond acceptors (Lipinski definition) is 4. The van der Waals surface area contributed by atoms with Gasteiger partial charge in [-0.25, -0.2) is 8.78 Å². The van der Waals surface area contributed by atoms with E-state index in [-0.39, 0.29) is 5.82 Å². The molecule has 0 bridgehead atoms. The minimum Gasteiger partial charge on any atom is -0.338 e. The molecule has 1 aromatic heterocycles. The van der Waals surface area contributed by atoms with Crippen LogP contribution in [0.5, 0.6) is 0 Å². The Morgan fingerprint density at radius 2 is 1.89 bits per heavy atom. The number of nitrogens with zero attached hydrogens (tertiary/aromatic N) is 3. The highest BCUT2D eigenvalue weighted by Crippen LogP contribution is 2.22. The molecule has 96 valence electrons. The van der Waals surface area contributed by atoms with Gasteiger partial charge in [-0.15, -0.1) is 5.10 Å². The molecular weight excluding hydrogens is 250 g/mol. The second-order valence-corrected chi connectivity index (χ2v) is 4.00. The third kappa shape index (κ3) is 2.50. The predicted octanol–water partition coefficient (Wildman–Crippen LogP) is 2.99. The van der Waals surface area contributed by atoms with Crippen molar-refractivity contribution in [2.24, 2.45) is 0 Å². The van der Waals surface area contributed by atoms with Crippen LogP contribution in [0.4, 0.5) is 20.3 Å². The Morgan fingerprint density at radius 3 is 2.53 bits per heavy atom. The van der Waals surface area contributed by atoms with Crippen LogP contribution in [-0.2, 0) is 0 Å². The second kappa shape index (κ2) is 4.98. The molecule has 6 heteroatoms. The van der Waals surface area contributed by atoms with Gasteiger partial charge in [0.1, 0.15) is 11.6 Å². The molecule has 19 heavy (non-hydrogen) atoms. The van der Waals surface area contributed by atoms with Crippen molar-refractivity contribution in [3.8, 4) is 6.07 Å². The van der Waals surface area contributed by atoms with Gasteiger partial charge in [0.05, 0.1) is 5.69 Å². The molecule has 2 aromatic rings. The zero-order valence-corrected chi connectivity index (χ0v) is 10.3. The van der Waals surface area contributed by atoms with Crippen molar-refractivity contribution < 1.29 is 8.78 Å². The summed E-state index contributed by atoms with van der Waals surface area (Å²) in [4.78, 5) is 0. The first-order valence-electron chi connectivity index (χ1n) is 5.49. The first kappa shape index (κ1) is 12.9. The summed E-state index contributed by atoms with van der Waals surface area (Å²) < 4.78 is 25.9. The van der Waals surface area contributed by atoms with Gasteiger partial charge in [-0.05, 0) is 31.5 Å². The van der Waals surface area contributed by atoms with Crippen molar-refractivity contribution in [1.82, 2.24) is 10.2 Å². The summed E-state index contributed by atoms with van der Waals surface area (Å²) in [6.07, 6.45) is 0. The topological polar surface area (TPSA) is 61.6 Å². The molecule has 2 rings (SSSR count). The molecule has 0 fully saturated rings. The van der Waals surface area contributed by atoms with Crippen LogP contribution in [0.25, 0.3) is 0 Å². The molecule has 0 saturated carbocycles. The molecule has 4 nitrogen and oxygen atoms in total. The average molecular weight is 260 g/mol. The van der Waals surface area contributed by atoms with Gasteiger partial charge in [0.2, 0.25) is 0 Å². The van der Waals surface area contributed by atoms with Crippen molar-refractivity contribution in [2.75, 3.05) is 5.32 Å². The van der Waals surface area contributed by atoms with E-state index in [1.165, 1.54) is 6.07 Å². The molecular formula is C13H10F2N4. The smallest absolute Gasteiger partial charge is 0.171 e. The summed E-state index contributed by atoms with van der Waals surface area (Å²) in [7, 11) is 0. The number of aryl methyl sites for hydroxylation is 1. The molecule has 0 aliphatic carbocycles. The van der Waals surface area contributed by atoms with Crippen LogP contribution in [0, 0.1) is 36.8 Å². The third-order valence-electron chi connectivity index (χ3n) is 2.75. The number of halogens is 2. The van der Waals surface area contributed by atoms with Crippen molar-refractivity contribution in [1.29, 1.82) is 5.26 Å². The monoisotopic (exact) mass is 260 g/mol. The van der Waals surface area contributed by atoms with Crippen LogP contribution in [0.1, 0.15) is 16.8 Å². The Kier molecular flexibility index (Phi) is 3.38. The van der Waals surface area contributed by atoms with E-state index in [4.69, 9.17) is 5.26 Å². The standard InChI is InChI=1S/C13H10F2N4/c1-7-8(2)18-19-13(10(7)6-16)17-9-3-4-11(14)12(15)5-9/h3-5H,1-2H3,(H,17,19). The summed E-state index contributed by atoms with van der Waals surface area (Å²) in [5, 5.41) is 19.6. The van der Waals surface area contributed by atoms with E-state index in [0.29, 0.717) is 22.5 Å². The van der Waals surface area contributed by atoms with E-state index in [0.717, 1.165) is 12.1 Å². The Morgan fingerprint density at radius 1 is 1.16 bits per heavy atom. The number of rotatable bonds is 2. The van der Waals surface area contributed by atoms with E-state index in [1.807, 2.05) is 6.07 Å². The summed E-state index contributed by atoms with van der Waals surface area (Å²) in [5.74, 6) is -1.69. The lowest BCUT2D eigenvalue weighted by atomic mass is 10.1. The van der Waals surface area contributed by atoms with Crippen LogP contribution in [-0.4, -0.2) is 10.2 Å². The lowest BCUT2D eigenvalue weighted by molar-refractivity contribution is 0.509. The summed E-state index contributed by atoms with van der Waals surface area (Å²) in [5.41, 5.74) is 1.97. The minimum absolute atomic E-state index is 0.219. The molecule has 1 heterocycles. The van der Waals surface area contributed by atoms with Gasteiger partial charge < -0.3 is 5.32 Å². The highest BCUT2D eigenvalue weighted by Gasteiger charge is 2.11. The maximum Gasteiger partial charge on any atom is 0.171 e. The van der Waals surface area contributed by atoms with Crippen LogP contribution >= 0.6 is 0 Å². The number of nitriles is 1. The normalized spacial score (nSPS) is 10.1. The molecule has 0 radical (unpaired) electrons. The fraction of sp³-hybridized carbons (Fsp3) is 0.154. The van der Waals surface area contributed by atoms with E-state index < -0.39 is 11.6 Å². The number of hydrogen-bond donors (Lipinski definition) is 1. The highest BCUT2D eigenvalue weighted by atomic mass is 19.2. The predicted molar refractivity (Wildman–Crippen MR) is 65.9 cm³/mol. The molecule has 0 unspecified atom stereocenters. The van der Waals surface area contributed by atoms with E-state index >= 15 is 0 Å². The molecule has 0 saturated heterocycles. The molecule has 1 N–H and O–H groups in total. The lowest BCUT2D eigenvalue weighted by Crippen LogP contribution is -2.04. The molecule has 1 aromatic carbocycles. The van der Waals surface area contributed by atoms with Crippen LogP contribution < -0.4 is 5.32 Å². The van der Waals surface area contributed by atoms with Crippen molar-refractivity contribution >= 4 is 11.5 Å². The first-order chi connectivity index (χ1) is 9.02. The number of nitrogens with one attached hydrogen (secondary N) is 1. The van der Waals surface area contributed by atoms with Gasteiger partial charge in [0.25, 0.3) is 0 Å². The molecule has 0 atom stereocenters. The minimum atomic E-state index is -0.972. The van der Waals surface area contributed by atoms with Crippen LogP contribution in [0.3, 0.4) is 0 Å². The van der Waals surface area contributed by atoms with Gasteiger partial charge >= 0.3 is 0 Å². The lowest BCUT2D eigenvalue weighted by Gasteiger charge is -2.09. The van der Waals surface area contributed by atoms with E-state index in [1.54, 1.807) is 13.8 Å². The summed E-state index contributed by atoms with van der Waals surface area (Å²) in [6.45, 7) is 3.49. The van der Waals surface area contributed by atoms with Crippen molar-refractivity contribution in [2.45, 2.75) is 13.8 Å². The fourth-order valence-corrected chi connectivity index (χ4v) is 1.54. The first-order valence-corrected chi connectivity index (χ1v) is 5.49. The molecule has 0 aliphatic heterocycles.